The molecular formula is C19H23F3N4O. The minimum Gasteiger partial charge on any atom is -0.389 e. The molecule has 3 aromatic rings. The Morgan fingerprint density at radius 1 is 1.19 bits per heavy atom. The quantitative estimate of drug-likeness (QED) is 0.692. The molecule has 0 radical (unpaired) electrons. The van der Waals surface area contributed by atoms with E-state index >= 15 is 0 Å². The van der Waals surface area contributed by atoms with Gasteiger partial charge >= 0.3 is 6.18 Å². The smallest absolute Gasteiger partial charge is 0.389 e. The van der Waals surface area contributed by atoms with E-state index < -0.39 is 17.3 Å². The number of fused-ring (bicyclic) bond motifs is 3. The molecule has 0 aliphatic rings. The van der Waals surface area contributed by atoms with Crippen LogP contribution in [-0.2, 0) is 19.1 Å². The molecule has 27 heavy (non-hydrogen) atoms. The lowest BCUT2D eigenvalue weighted by atomic mass is 10.1. The highest BCUT2D eigenvalue weighted by Gasteiger charge is 2.31. The summed E-state index contributed by atoms with van der Waals surface area (Å²) < 4.78 is 41.1. The van der Waals surface area contributed by atoms with Crippen LogP contribution in [0.3, 0.4) is 0 Å². The van der Waals surface area contributed by atoms with E-state index in [-0.39, 0.29) is 17.9 Å². The number of nitrogens with two attached hydrogens (primary N) is 1. The van der Waals surface area contributed by atoms with Gasteiger partial charge in [-0.25, -0.2) is 9.97 Å². The largest absolute Gasteiger partial charge is 0.416 e. The summed E-state index contributed by atoms with van der Waals surface area (Å²) in [7, 11) is 0. The van der Waals surface area contributed by atoms with Crippen LogP contribution in [0.5, 0.6) is 0 Å². The SMILES string of the molecule is CCCCc1nc2c(N)nc3cc(C(F)(F)F)ccc3c2n1CC(C)(C)O. The number of benzene rings is 1. The molecule has 0 spiro atoms. The molecule has 5 nitrogen and oxygen atoms in total. The average Bonchev–Trinajstić information content (AvgIpc) is 2.89. The summed E-state index contributed by atoms with van der Waals surface area (Å²) in [6.07, 6.45) is -1.91. The summed E-state index contributed by atoms with van der Waals surface area (Å²) in [5, 5.41) is 10.9. The van der Waals surface area contributed by atoms with Crippen molar-refractivity contribution in [2.24, 2.45) is 0 Å². The predicted octanol–water partition coefficient (Wildman–Crippen LogP) is 4.30. The molecule has 2 aromatic heterocycles. The first-order chi connectivity index (χ1) is 12.5. The average molecular weight is 380 g/mol. The zero-order chi connectivity index (χ0) is 20.0. The molecule has 0 atom stereocenters. The standard InChI is InChI=1S/C19H23F3N4O/c1-4-5-6-14-25-15-16(26(14)10-18(2,3)27)12-8-7-11(19(20,21)22)9-13(12)24-17(15)23/h7-9,27H,4-6,10H2,1-3H3,(H2,23,24). The Bertz CT molecular complexity index is 987. The van der Waals surface area contributed by atoms with Crippen LogP contribution in [0.15, 0.2) is 18.2 Å². The van der Waals surface area contributed by atoms with E-state index in [2.05, 4.69) is 16.9 Å². The number of rotatable bonds is 5. The number of alkyl halides is 3. The summed E-state index contributed by atoms with van der Waals surface area (Å²) in [4.78, 5) is 8.75. The zero-order valence-corrected chi connectivity index (χ0v) is 15.6. The van der Waals surface area contributed by atoms with Crippen molar-refractivity contribution < 1.29 is 18.3 Å². The van der Waals surface area contributed by atoms with Crippen molar-refractivity contribution in [2.75, 3.05) is 5.73 Å². The molecule has 0 unspecified atom stereocenters. The van der Waals surface area contributed by atoms with Crippen molar-refractivity contribution in [3.63, 3.8) is 0 Å². The molecule has 0 aliphatic heterocycles. The molecule has 0 saturated heterocycles. The number of imidazole rings is 1. The first-order valence-corrected chi connectivity index (χ1v) is 8.89. The van der Waals surface area contributed by atoms with Crippen LogP contribution in [0.2, 0.25) is 0 Å². The van der Waals surface area contributed by atoms with Crippen molar-refractivity contribution in [2.45, 2.75) is 58.4 Å². The van der Waals surface area contributed by atoms with Crippen LogP contribution in [0.25, 0.3) is 21.9 Å². The maximum atomic E-state index is 13.1. The maximum absolute atomic E-state index is 13.1. The summed E-state index contributed by atoms with van der Waals surface area (Å²) in [5.74, 6) is 0.832. The lowest BCUT2D eigenvalue weighted by Crippen LogP contribution is -2.27. The fourth-order valence-corrected chi connectivity index (χ4v) is 3.22. The number of halogens is 3. The maximum Gasteiger partial charge on any atom is 0.416 e. The van der Waals surface area contributed by atoms with E-state index in [1.807, 2.05) is 4.57 Å². The summed E-state index contributed by atoms with van der Waals surface area (Å²) >= 11 is 0. The third-order valence-electron chi connectivity index (χ3n) is 4.41. The van der Waals surface area contributed by atoms with Crippen LogP contribution in [-0.4, -0.2) is 25.2 Å². The van der Waals surface area contributed by atoms with Gasteiger partial charge < -0.3 is 15.4 Å². The first-order valence-electron chi connectivity index (χ1n) is 8.89. The van der Waals surface area contributed by atoms with Gasteiger partial charge in [0.25, 0.3) is 0 Å². The molecule has 2 heterocycles. The van der Waals surface area contributed by atoms with Crippen LogP contribution in [0, 0.1) is 0 Å². The number of aliphatic hydroxyl groups is 1. The summed E-state index contributed by atoms with van der Waals surface area (Å²) in [6.45, 7) is 5.67. The summed E-state index contributed by atoms with van der Waals surface area (Å²) in [6, 6.07) is 3.43. The van der Waals surface area contributed by atoms with Gasteiger partial charge in [-0.3, -0.25) is 0 Å². The fraction of sp³-hybridized carbons (Fsp3) is 0.474. The molecule has 0 bridgehead atoms. The number of unbranched alkanes of at least 4 members (excludes halogenated alkanes) is 1. The van der Waals surface area contributed by atoms with Crippen LogP contribution in [0.4, 0.5) is 19.0 Å². The van der Waals surface area contributed by atoms with E-state index in [0.717, 1.165) is 30.8 Å². The van der Waals surface area contributed by atoms with Gasteiger partial charge in [0, 0.05) is 11.8 Å². The number of pyridine rings is 1. The molecule has 146 valence electrons. The molecule has 8 heteroatoms. The second kappa shape index (κ2) is 6.67. The second-order valence-electron chi connectivity index (χ2n) is 7.45. The molecular weight excluding hydrogens is 357 g/mol. The van der Waals surface area contributed by atoms with Gasteiger partial charge in [-0.05, 0) is 32.4 Å². The minimum absolute atomic E-state index is 0.0871. The van der Waals surface area contributed by atoms with E-state index in [0.29, 0.717) is 22.8 Å². The number of anilines is 1. The number of aromatic nitrogens is 3. The Labute approximate surface area is 155 Å². The van der Waals surface area contributed by atoms with Gasteiger partial charge in [-0.15, -0.1) is 0 Å². The van der Waals surface area contributed by atoms with Gasteiger partial charge in [0.1, 0.15) is 11.3 Å². The Hall–Kier alpha value is -2.35. The molecule has 1 aromatic carbocycles. The highest BCUT2D eigenvalue weighted by molar-refractivity contribution is 6.06. The molecule has 0 fully saturated rings. The predicted molar refractivity (Wildman–Crippen MR) is 99.4 cm³/mol. The third kappa shape index (κ3) is 3.85. The van der Waals surface area contributed by atoms with Gasteiger partial charge in [0.2, 0.25) is 0 Å². The Kier molecular flexibility index (Phi) is 4.80. The zero-order valence-electron chi connectivity index (χ0n) is 15.6. The van der Waals surface area contributed by atoms with Crippen LogP contribution < -0.4 is 5.73 Å². The number of hydrogen-bond acceptors (Lipinski definition) is 4. The van der Waals surface area contributed by atoms with E-state index in [9.17, 15) is 18.3 Å². The highest BCUT2D eigenvalue weighted by Crippen LogP contribution is 2.35. The molecule has 0 aliphatic carbocycles. The van der Waals surface area contributed by atoms with Crippen molar-refractivity contribution in [3.05, 3.63) is 29.6 Å². The number of nitrogen functional groups attached to an aromatic ring is 1. The van der Waals surface area contributed by atoms with Crippen LogP contribution in [0.1, 0.15) is 45.0 Å². The van der Waals surface area contributed by atoms with Crippen molar-refractivity contribution in [3.8, 4) is 0 Å². The number of nitrogens with zero attached hydrogens (tertiary/aromatic N) is 3. The van der Waals surface area contributed by atoms with Crippen molar-refractivity contribution in [1.82, 2.24) is 14.5 Å². The lowest BCUT2D eigenvalue weighted by Gasteiger charge is -2.21. The van der Waals surface area contributed by atoms with Crippen molar-refractivity contribution >= 4 is 27.8 Å². The Morgan fingerprint density at radius 2 is 1.89 bits per heavy atom. The van der Waals surface area contributed by atoms with E-state index in [1.165, 1.54) is 6.07 Å². The monoisotopic (exact) mass is 380 g/mol. The molecule has 3 rings (SSSR count). The van der Waals surface area contributed by atoms with E-state index in [1.54, 1.807) is 13.8 Å². The normalized spacial score (nSPS) is 13.0. The lowest BCUT2D eigenvalue weighted by molar-refractivity contribution is -0.137. The Morgan fingerprint density at radius 3 is 2.48 bits per heavy atom. The number of hydrogen-bond donors (Lipinski definition) is 2. The number of aryl methyl sites for hydroxylation is 1. The van der Waals surface area contributed by atoms with Gasteiger partial charge in [-0.2, -0.15) is 13.2 Å². The molecule has 3 N–H and O–H groups in total. The van der Waals surface area contributed by atoms with Gasteiger partial charge in [0.05, 0.1) is 28.7 Å². The molecule has 0 amide bonds. The second-order valence-corrected chi connectivity index (χ2v) is 7.45. The third-order valence-corrected chi connectivity index (χ3v) is 4.41. The first kappa shape index (κ1) is 19.4. The van der Waals surface area contributed by atoms with Crippen LogP contribution >= 0.6 is 0 Å². The fourth-order valence-electron chi connectivity index (χ4n) is 3.22. The van der Waals surface area contributed by atoms with E-state index in [4.69, 9.17) is 5.73 Å². The Balaban J connectivity index is 2.32. The minimum atomic E-state index is -4.46. The van der Waals surface area contributed by atoms with Crippen molar-refractivity contribution in [1.29, 1.82) is 0 Å². The highest BCUT2D eigenvalue weighted by atomic mass is 19.4. The van der Waals surface area contributed by atoms with Gasteiger partial charge in [0.15, 0.2) is 5.82 Å². The summed E-state index contributed by atoms with van der Waals surface area (Å²) in [5.41, 5.74) is 5.45. The molecule has 0 saturated carbocycles. The topological polar surface area (TPSA) is 77.0 Å². The van der Waals surface area contributed by atoms with Gasteiger partial charge in [-0.1, -0.05) is 19.4 Å².